The van der Waals surface area contributed by atoms with Crippen LogP contribution in [-0.4, -0.2) is 56.1 Å². The predicted octanol–water partition coefficient (Wildman–Crippen LogP) is 5.80. The molecule has 1 N–H and O–H groups in total. The van der Waals surface area contributed by atoms with Gasteiger partial charge in [-0.15, -0.1) is 0 Å². The Morgan fingerprint density at radius 1 is 1.00 bits per heavy atom. The van der Waals surface area contributed by atoms with E-state index in [4.69, 9.17) is 9.41 Å². The standard InChI is InChI=1S/C32H38N4O2/c1-5-22(4)34-23-12-14-27-29(20-23)38-30-21-24(35(6-2)7-3)13-15-28(30)31(27)25-10-8-9-11-26(25)32(37)36-18-16-33-17-19-36/h8-15,20-22,33H,5-7,16-19H2,1-4H3. The lowest BCUT2D eigenvalue weighted by atomic mass is 9.90. The van der Waals surface area contributed by atoms with E-state index in [9.17, 15) is 4.79 Å². The molecule has 0 aromatic heterocycles. The maximum Gasteiger partial charge on any atom is 0.254 e. The monoisotopic (exact) mass is 510 g/mol. The molecule has 5 rings (SSSR count). The molecule has 0 spiro atoms. The van der Waals surface area contributed by atoms with Gasteiger partial charge in [0.15, 0.2) is 0 Å². The van der Waals surface area contributed by atoms with E-state index >= 15 is 0 Å². The largest absolute Gasteiger partial charge is 0.456 e. The second-order valence-corrected chi connectivity index (χ2v) is 9.98. The molecule has 1 unspecified atom stereocenters. The van der Waals surface area contributed by atoms with Crippen molar-refractivity contribution in [3.8, 4) is 22.5 Å². The molecule has 0 saturated carbocycles. The van der Waals surface area contributed by atoms with E-state index in [1.807, 2.05) is 29.2 Å². The fourth-order valence-corrected chi connectivity index (χ4v) is 5.30. The van der Waals surface area contributed by atoms with Gasteiger partial charge < -0.3 is 19.5 Å². The average molecular weight is 511 g/mol. The lowest BCUT2D eigenvalue weighted by Gasteiger charge is -2.28. The summed E-state index contributed by atoms with van der Waals surface area (Å²) in [6.45, 7) is 13.5. The number of fused-ring (bicyclic) bond motifs is 2. The van der Waals surface area contributed by atoms with E-state index in [2.05, 4.69) is 74.3 Å². The summed E-state index contributed by atoms with van der Waals surface area (Å²) in [4.78, 5) is 22.9. The molecule has 1 amide bonds. The average Bonchev–Trinajstić information content (AvgIpc) is 2.96. The molecule has 2 aromatic rings. The molecule has 6 nitrogen and oxygen atoms in total. The summed E-state index contributed by atoms with van der Waals surface area (Å²) < 4.78 is 6.57. The first kappa shape index (κ1) is 26.0. The molecule has 1 aliphatic carbocycles. The first-order valence-electron chi connectivity index (χ1n) is 13.9. The highest BCUT2D eigenvalue weighted by Gasteiger charge is 2.25. The number of hydrogen-bond donors (Lipinski definition) is 1. The third-order valence-corrected chi connectivity index (χ3v) is 7.61. The van der Waals surface area contributed by atoms with Crippen molar-refractivity contribution in [1.29, 1.82) is 0 Å². The van der Waals surface area contributed by atoms with Gasteiger partial charge in [0, 0.05) is 85.2 Å². The molecule has 3 aliphatic rings. The number of anilines is 1. The van der Waals surface area contributed by atoms with Gasteiger partial charge in [0.05, 0.1) is 5.36 Å². The van der Waals surface area contributed by atoms with Crippen LogP contribution in [0.4, 0.5) is 5.69 Å². The lowest BCUT2D eigenvalue weighted by molar-refractivity contribution is 0.0736. The zero-order valence-electron chi connectivity index (χ0n) is 23.0. The molecule has 2 aliphatic heterocycles. The van der Waals surface area contributed by atoms with Crippen LogP contribution < -0.4 is 15.6 Å². The lowest BCUT2D eigenvalue weighted by Crippen LogP contribution is -2.46. The third-order valence-electron chi connectivity index (χ3n) is 7.61. The topological polar surface area (TPSA) is 61.1 Å². The summed E-state index contributed by atoms with van der Waals surface area (Å²) >= 11 is 0. The number of carbonyl (C=O) groups is 1. The fourth-order valence-electron chi connectivity index (χ4n) is 5.30. The number of nitrogens with one attached hydrogen (secondary N) is 1. The molecular weight excluding hydrogens is 472 g/mol. The molecule has 0 radical (unpaired) electrons. The SMILES string of the molecule is CCC(C)N=c1ccc2c(-c3ccccc3C(=O)N3CCNCC3)c3ccc(N(CC)CC)cc3oc-2c1. The Bertz CT molecular complexity index is 1460. The molecule has 1 fully saturated rings. The molecule has 1 atom stereocenters. The van der Waals surface area contributed by atoms with Crippen molar-refractivity contribution in [3.05, 3.63) is 71.6 Å². The first-order chi connectivity index (χ1) is 18.5. The van der Waals surface area contributed by atoms with Crippen LogP contribution in [0.3, 0.4) is 0 Å². The Morgan fingerprint density at radius 2 is 1.76 bits per heavy atom. The Balaban J connectivity index is 1.77. The van der Waals surface area contributed by atoms with Crippen LogP contribution in [0.15, 0.2) is 70.1 Å². The Hall–Kier alpha value is -3.64. The van der Waals surface area contributed by atoms with E-state index in [-0.39, 0.29) is 11.9 Å². The molecule has 1 saturated heterocycles. The van der Waals surface area contributed by atoms with E-state index in [0.29, 0.717) is 13.1 Å². The zero-order valence-corrected chi connectivity index (χ0v) is 23.0. The van der Waals surface area contributed by atoms with Gasteiger partial charge in [0.1, 0.15) is 11.3 Å². The Morgan fingerprint density at radius 3 is 2.50 bits per heavy atom. The van der Waals surface area contributed by atoms with Gasteiger partial charge in [-0.1, -0.05) is 25.1 Å². The number of hydrogen-bond acceptors (Lipinski definition) is 5. The minimum absolute atomic E-state index is 0.0762. The summed E-state index contributed by atoms with van der Waals surface area (Å²) in [6, 6.07) is 20.9. The summed E-state index contributed by atoms with van der Waals surface area (Å²) in [5, 5.41) is 5.25. The van der Waals surface area contributed by atoms with E-state index in [1.54, 1.807) is 0 Å². The number of carbonyl (C=O) groups excluding carboxylic acids is 1. The number of piperazine rings is 1. The van der Waals surface area contributed by atoms with Crippen molar-refractivity contribution in [3.63, 3.8) is 0 Å². The van der Waals surface area contributed by atoms with Gasteiger partial charge in [0.2, 0.25) is 0 Å². The molecule has 38 heavy (non-hydrogen) atoms. The fraction of sp³-hybridized carbons (Fsp3) is 0.375. The Labute approximate surface area is 225 Å². The minimum atomic E-state index is 0.0762. The van der Waals surface area contributed by atoms with Crippen LogP contribution in [0.25, 0.3) is 33.4 Å². The van der Waals surface area contributed by atoms with Crippen molar-refractivity contribution in [2.24, 2.45) is 4.99 Å². The quantitative estimate of drug-likeness (QED) is 0.320. The van der Waals surface area contributed by atoms with Crippen molar-refractivity contribution >= 4 is 22.6 Å². The number of nitrogens with zero attached hydrogens (tertiary/aromatic N) is 3. The maximum atomic E-state index is 13.7. The third kappa shape index (κ3) is 5.05. The second kappa shape index (κ2) is 11.4. The van der Waals surface area contributed by atoms with Crippen LogP contribution in [0.1, 0.15) is 44.5 Å². The van der Waals surface area contributed by atoms with E-state index < -0.39 is 0 Å². The van der Waals surface area contributed by atoms with Crippen molar-refractivity contribution in [2.75, 3.05) is 44.2 Å². The van der Waals surface area contributed by atoms with Crippen LogP contribution in [0.2, 0.25) is 0 Å². The second-order valence-electron chi connectivity index (χ2n) is 9.98. The normalized spacial score (nSPS) is 15.3. The van der Waals surface area contributed by atoms with Gasteiger partial charge >= 0.3 is 0 Å². The summed E-state index contributed by atoms with van der Waals surface area (Å²) in [5.74, 6) is 0.852. The Kier molecular flexibility index (Phi) is 7.79. The van der Waals surface area contributed by atoms with Crippen molar-refractivity contribution in [1.82, 2.24) is 10.2 Å². The molecule has 2 aromatic carbocycles. The van der Waals surface area contributed by atoms with Gasteiger partial charge in [-0.05, 0) is 63.1 Å². The number of rotatable bonds is 7. The molecule has 0 bridgehead atoms. The van der Waals surface area contributed by atoms with Crippen LogP contribution in [-0.2, 0) is 0 Å². The van der Waals surface area contributed by atoms with Gasteiger partial charge in [-0.3, -0.25) is 9.79 Å². The number of amides is 1. The smallest absolute Gasteiger partial charge is 0.254 e. The maximum absolute atomic E-state index is 13.7. The van der Waals surface area contributed by atoms with Crippen LogP contribution in [0, 0.1) is 0 Å². The number of benzene rings is 3. The van der Waals surface area contributed by atoms with Crippen LogP contribution >= 0.6 is 0 Å². The van der Waals surface area contributed by atoms with E-state index in [0.717, 1.165) is 82.6 Å². The highest BCUT2D eigenvalue weighted by atomic mass is 16.3. The van der Waals surface area contributed by atoms with Gasteiger partial charge in [-0.2, -0.15) is 0 Å². The molecule has 6 heteroatoms. The van der Waals surface area contributed by atoms with Gasteiger partial charge in [0.25, 0.3) is 5.91 Å². The van der Waals surface area contributed by atoms with Crippen molar-refractivity contribution < 1.29 is 9.21 Å². The summed E-state index contributed by atoms with van der Waals surface area (Å²) in [7, 11) is 0. The molecule has 198 valence electrons. The predicted molar refractivity (Wildman–Crippen MR) is 156 cm³/mol. The highest BCUT2D eigenvalue weighted by molar-refractivity contribution is 6.09. The molecular formula is C32H38N4O2. The zero-order chi connectivity index (χ0) is 26.6. The van der Waals surface area contributed by atoms with E-state index in [1.165, 1.54) is 0 Å². The molecule has 2 heterocycles. The summed E-state index contributed by atoms with van der Waals surface area (Å²) in [6.07, 6.45) is 0.979. The highest BCUT2D eigenvalue weighted by Crippen LogP contribution is 2.42. The first-order valence-corrected chi connectivity index (χ1v) is 13.9. The van der Waals surface area contributed by atoms with Gasteiger partial charge in [-0.25, -0.2) is 0 Å². The minimum Gasteiger partial charge on any atom is -0.456 e. The van der Waals surface area contributed by atoms with Crippen LogP contribution in [0.5, 0.6) is 0 Å². The summed E-state index contributed by atoms with van der Waals surface area (Å²) in [5.41, 5.74) is 5.61. The van der Waals surface area contributed by atoms with Crippen molar-refractivity contribution in [2.45, 2.75) is 40.2 Å².